The molecule has 0 spiro atoms. The van der Waals surface area contributed by atoms with Crippen LogP contribution in [0, 0.1) is 11.3 Å². The molecular weight excluding hydrogens is 388 g/mol. The molecule has 0 bridgehead atoms. The first-order valence-electron chi connectivity index (χ1n) is 8.13. The van der Waals surface area contributed by atoms with Crippen LogP contribution in [0.1, 0.15) is 21.8 Å². The molecule has 0 saturated carbocycles. The number of rotatable bonds is 7. The lowest BCUT2D eigenvalue weighted by Gasteiger charge is -2.10. The first-order valence-corrected chi connectivity index (χ1v) is 8.13. The zero-order valence-corrected chi connectivity index (χ0v) is 15.0. The quantitative estimate of drug-likeness (QED) is 0.553. The highest BCUT2D eigenvalue weighted by molar-refractivity contribution is 5.89. The number of benzene rings is 2. The predicted octanol–water partition coefficient (Wildman–Crippen LogP) is 3.58. The number of hydrogen-bond acceptors (Lipinski definition) is 8. The maximum Gasteiger partial charge on any atom is 0.387 e. The molecule has 0 radical (unpaired) electrons. The van der Waals surface area contributed by atoms with Crippen molar-refractivity contribution < 1.29 is 32.3 Å². The van der Waals surface area contributed by atoms with Crippen molar-refractivity contribution in [2.45, 2.75) is 13.2 Å². The fourth-order valence-electron chi connectivity index (χ4n) is 2.32. The molecule has 3 rings (SSSR count). The zero-order valence-electron chi connectivity index (χ0n) is 15.0. The fraction of sp³-hybridized carbons (Fsp3) is 0.158. The molecule has 0 saturated heterocycles. The van der Waals surface area contributed by atoms with Crippen LogP contribution in [0.4, 0.5) is 8.78 Å². The highest BCUT2D eigenvalue weighted by Crippen LogP contribution is 2.32. The number of carbonyl (C=O) groups excluding carboxylic acids is 1. The fourth-order valence-corrected chi connectivity index (χ4v) is 2.32. The second-order valence-electron chi connectivity index (χ2n) is 5.52. The maximum absolute atomic E-state index is 12.4. The van der Waals surface area contributed by atoms with Gasteiger partial charge in [0.05, 0.1) is 24.3 Å². The van der Waals surface area contributed by atoms with Gasteiger partial charge in [-0.1, -0.05) is 5.16 Å². The summed E-state index contributed by atoms with van der Waals surface area (Å²) in [6.07, 6.45) is 0. The minimum absolute atomic E-state index is 0.0360. The normalized spacial score (nSPS) is 10.4. The Morgan fingerprint density at radius 3 is 2.62 bits per heavy atom. The molecule has 0 aliphatic rings. The van der Waals surface area contributed by atoms with Gasteiger partial charge in [0.1, 0.15) is 0 Å². The van der Waals surface area contributed by atoms with Crippen LogP contribution < -0.4 is 9.47 Å². The van der Waals surface area contributed by atoms with Crippen LogP contribution in [0.25, 0.3) is 11.4 Å². The van der Waals surface area contributed by atoms with Crippen LogP contribution in [0.5, 0.6) is 11.5 Å². The molecule has 1 heterocycles. The van der Waals surface area contributed by atoms with E-state index in [-0.39, 0.29) is 35.4 Å². The standard InChI is InChI=1S/C19H13F2N3O5/c1-26-15-8-13(6-7-14(15)28-19(20)21)17-23-16(29-24-17)10-27-18(25)12-4-2-11(9-22)3-5-12/h2-8,19H,10H2,1H3. The van der Waals surface area contributed by atoms with Crippen LogP contribution in [0.15, 0.2) is 47.0 Å². The molecule has 3 aromatic rings. The second kappa shape index (κ2) is 8.79. The molecule has 0 aliphatic heterocycles. The molecule has 10 heteroatoms. The van der Waals surface area contributed by atoms with Gasteiger partial charge in [0.25, 0.3) is 5.89 Å². The van der Waals surface area contributed by atoms with Gasteiger partial charge in [-0.2, -0.15) is 19.0 Å². The molecule has 29 heavy (non-hydrogen) atoms. The largest absolute Gasteiger partial charge is 0.493 e. The number of methoxy groups -OCH3 is 1. The summed E-state index contributed by atoms with van der Waals surface area (Å²) in [6, 6.07) is 12.0. The summed E-state index contributed by atoms with van der Waals surface area (Å²) in [7, 11) is 1.31. The number of hydrogen-bond donors (Lipinski definition) is 0. The number of carbonyl (C=O) groups is 1. The Kier molecular flexibility index (Phi) is 5.99. The van der Waals surface area contributed by atoms with Crippen molar-refractivity contribution in [3.05, 3.63) is 59.5 Å². The molecule has 1 aromatic heterocycles. The van der Waals surface area contributed by atoms with E-state index in [1.807, 2.05) is 6.07 Å². The number of nitrogens with zero attached hydrogens (tertiary/aromatic N) is 3. The van der Waals surface area contributed by atoms with Crippen LogP contribution in [-0.4, -0.2) is 29.8 Å². The lowest BCUT2D eigenvalue weighted by molar-refractivity contribution is -0.0512. The van der Waals surface area contributed by atoms with E-state index in [0.29, 0.717) is 11.1 Å². The van der Waals surface area contributed by atoms with E-state index in [4.69, 9.17) is 19.3 Å². The monoisotopic (exact) mass is 401 g/mol. The summed E-state index contributed by atoms with van der Waals surface area (Å²) < 4.78 is 44.3. The molecule has 0 fully saturated rings. The Hall–Kier alpha value is -4.00. The van der Waals surface area contributed by atoms with Gasteiger partial charge in [0.2, 0.25) is 5.82 Å². The zero-order chi connectivity index (χ0) is 20.8. The van der Waals surface area contributed by atoms with Crippen molar-refractivity contribution in [3.8, 4) is 29.0 Å². The molecule has 0 amide bonds. The number of alkyl halides is 2. The highest BCUT2D eigenvalue weighted by Gasteiger charge is 2.16. The van der Waals surface area contributed by atoms with Gasteiger partial charge in [-0.15, -0.1) is 0 Å². The van der Waals surface area contributed by atoms with Crippen molar-refractivity contribution in [1.82, 2.24) is 10.1 Å². The summed E-state index contributed by atoms with van der Waals surface area (Å²) in [5.41, 5.74) is 1.11. The van der Waals surface area contributed by atoms with Crippen LogP contribution in [0.3, 0.4) is 0 Å². The number of esters is 1. The van der Waals surface area contributed by atoms with E-state index in [0.717, 1.165) is 0 Å². The van der Waals surface area contributed by atoms with Crippen LogP contribution in [0.2, 0.25) is 0 Å². The first kappa shape index (κ1) is 19.8. The number of aromatic nitrogens is 2. The third-order valence-electron chi connectivity index (χ3n) is 3.68. The highest BCUT2D eigenvalue weighted by atomic mass is 19.3. The van der Waals surface area contributed by atoms with Crippen molar-refractivity contribution >= 4 is 5.97 Å². The predicted molar refractivity (Wildman–Crippen MR) is 93.2 cm³/mol. The number of ether oxygens (including phenoxy) is 3. The number of halogens is 2. The molecular formula is C19H13F2N3O5. The molecule has 2 aromatic carbocycles. The Morgan fingerprint density at radius 1 is 1.21 bits per heavy atom. The van der Waals surface area contributed by atoms with Crippen molar-refractivity contribution in [3.63, 3.8) is 0 Å². The van der Waals surface area contributed by atoms with E-state index in [1.54, 1.807) is 0 Å². The van der Waals surface area contributed by atoms with Crippen molar-refractivity contribution in [2.24, 2.45) is 0 Å². The first-order chi connectivity index (χ1) is 14.0. The SMILES string of the molecule is COc1cc(-c2noc(COC(=O)c3ccc(C#N)cc3)n2)ccc1OC(F)F. The van der Waals surface area contributed by atoms with E-state index < -0.39 is 12.6 Å². The van der Waals surface area contributed by atoms with Crippen molar-refractivity contribution in [1.29, 1.82) is 5.26 Å². The van der Waals surface area contributed by atoms with Gasteiger partial charge in [0, 0.05) is 5.56 Å². The molecule has 0 unspecified atom stereocenters. The van der Waals surface area contributed by atoms with Crippen molar-refractivity contribution in [2.75, 3.05) is 7.11 Å². The van der Waals surface area contributed by atoms with Gasteiger partial charge in [-0.25, -0.2) is 4.79 Å². The summed E-state index contributed by atoms with van der Waals surface area (Å²) in [5.74, 6) is -0.498. The lowest BCUT2D eigenvalue weighted by Crippen LogP contribution is -2.05. The maximum atomic E-state index is 12.4. The van der Waals surface area contributed by atoms with E-state index in [1.165, 1.54) is 49.6 Å². The average Bonchev–Trinajstić information content (AvgIpc) is 3.21. The third-order valence-corrected chi connectivity index (χ3v) is 3.68. The molecule has 0 atom stereocenters. The Balaban J connectivity index is 1.67. The summed E-state index contributed by atoms with van der Waals surface area (Å²) in [5, 5.41) is 12.5. The Bertz CT molecular complexity index is 1040. The van der Waals surface area contributed by atoms with Gasteiger partial charge in [-0.3, -0.25) is 0 Å². The van der Waals surface area contributed by atoms with Crippen LogP contribution >= 0.6 is 0 Å². The number of nitriles is 1. The summed E-state index contributed by atoms with van der Waals surface area (Å²) in [6.45, 7) is -3.26. The van der Waals surface area contributed by atoms with Crippen LogP contribution in [-0.2, 0) is 11.3 Å². The van der Waals surface area contributed by atoms with Gasteiger partial charge < -0.3 is 18.7 Å². The van der Waals surface area contributed by atoms with E-state index in [2.05, 4.69) is 14.9 Å². The molecule has 0 aliphatic carbocycles. The minimum Gasteiger partial charge on any atom is -0.493 e. The summed E-state index contributed by atoms with van der Waals surface area (Å²) in [4.78, 5) is 16.1. The second-order valence-corrected chi connectivity index (χ2v) is 5.52. The molecule has 8 nitrogen and oxygen atoms in total. The van der Waals surface area contributed by atoms with E-state index >= 15 is 0 Å². The minimum atomic E-state index is -2.99. The lowest BCUT2D eigenvalue weighted by atomic mass is 10.1. The third kappa shape index (κ3) is 4.84. The van der Waals surface area contributed by atoms with Gasteiger partial charge >= 0.3 is 12.6 Å². The molecule has 148 valence electrons. The average molecular weight is 401 g/mol. The smallest absolute Gasteiger partial charge is 0.387 e. The van der Waals surface area contributed by atoms with Gasteiger partial charge in [-0.05, 0) is 42.5 Å². The topological polar surface area (TPSA) is 107 Å². The Morgan fingerprint density at radius 2 is 1.97 bits per heavy atom. The Labute approximate surface area is 163 Å². The summed E-state index contributed by atoms with van der Waals surface area (Å²) >= 11 is 0. The van der Waals surface area contributed by atoms with Gasteiger partial charge in [0.15, 0.2) is 18.1 Å². The van der Waals surface area contributed by atoms with E-state index in [9.17, 15) is 13.6 Å². The molecule has 0 N–H and O–H groups in total.